The van der Waals surface area contributed by atoms with Crippen LogP contribution in [0.25, 0.3) is 0 Å². The smallest absolute Gasteiger partial charge is 0.133 e. The average molecular weight is 218 g/mol. The van der Waals surface area contributed by atoms with Crippen LogP contribution in [0.3, 0.4) is 0 Å². The van der Waals surface area contributed by atoms with E-state index in [-0.39, 0.29) is 0 Å². The lowest BCUT2D eigenvalue weighted by atomic mass is 9.91. The van der Waals surface area contributed by atoms with Crippen LogP contribution in [-0.2, 0) is 4.79 Å². The zero-order valence-electron chi connectivity index (χ0n) is 9.74. The van der Waals surface area contributed by atoms with Crippen LogP contribution in [0.15, 0.2) is 24.3 Å². The van der Waals surface area contributed by atoms with Crippen molar-refractivity contribution >= 4 is 5.78 Å². The molecule has 1 fully saturated rings. The molecule has 1 aromatic rings. The van der Waals surface area contributed by atoms with Gasteiger partial charge in [0.2, 0.25) is 0 Å². The molecule has 0 aromatic heterocycles. The Morgan fingerprint density at radius 3 is 2.88 bits per heavy atom. The van der Waals surface area contributed by atoms with Gasteiger partial charge in [-0.25, -0.2) is 0 Å². The summed E-state index contributed by atoms with van der Waals surface area (Å²) >= 11 is 0. The molecule has 2 heteroatoms. The highest BCUT2D eigenvalue weighted by Gasteiger charge is 2.21. The maximum absolute atomic E-state index is 11.6. The summed E-state index contributed by atoms with van der Waals surface area (Å²) in [5, 5.41) is 0. The van der Waals surface area contributed by atoms with E-state index in [4.69, 9.17) is 4.74 Å². The second kappa shape index (κ2) is 5.15. The second-order valence-corrected chi connectivity index (χ2v) is 4.43. The molecule has 1 aromatic carbocycles. The summed E-state index contributed by atoms with van der Waals surface area (Å²) in [6, 6.07) is 8.06. The van der Waals surface area contributed by atoms with E-state index in [1.54, 1.807) is 7.11 Å². The van der Waals surface area contributed by atoms with Gasteiger partial charge in [0, 0.05) is 12.8 Å². The van der Waals surface area contributed by atoms with E-state index in [0.717, 1.165) is 31.4 Å². The van der Waals surface area contributed by atoms with Gasteiger partial charge < -0.3 is 4.74 Å². The van der Waals surface area contributed by atoms with Crippen LogP contribution >= 0.6 is 0 Å². The molecule has 0 amide bonds. The van der Waals surface area contributed by atoms with E-state index < -0.39 is 0 Å². The van der Waals surface area contributed by atoms with E-state index >= 15 is 0 Å². The SMILES string of the molecule is COc1ccccc1C1CCCCC(=O)C1. The lowest BCUT2D eigenvalue weighted by molar-refractivity contribution is -0.119. The number of hydrogen-bond donors (Lipinski definition) is 0. The molecule has 0 radical (unpaired) electrons. The monoisotopic (exact) mass is 218 g/mol. The number of ether oxygens (including phenoxy) is 1. The minimum atomic E-state index is 0.353. The molecular weight excluding hydrogens is 200 g/mol. The largest absolute Gasteiger partial charge is 0.496 e. The molecule has 0 bridgehead atoms. The Morgan fingerprint density at radius 2 is 2.06 bits per heavy atom. The molecule has 1 atom stereocenters. The molecule has 0 heterocycles. The molecule has 0 aliphatic heterocycles. The average Bonchev–Trinajstić information content (AvgIpc) is 2.54. The zero-order chi connectivity index (χ0) is 11.4. The lowest BCUT2D eigenvalue weighted by Crippen LogP contribution is -2.05. The predicted octanol–water partition coefficient (Wildman–Crippen LogP) is 3.31. The highest BCUT2D eigenvalue weighted by atomic mass is 16.5. The fraction of sp³-hybridized carbons (Fsp3) is 0.500. The number of methoxy groups -OCH3 is 1. The highest BCUT2D eigenvalue weighted by Crippen LogP contribution is 2.35. The van der Waals surface area contributed by atoms with Gasteiger partial charge in [-0.15, -0.1) is 0 Å². The van der Waals surface area contributed by atoms with Gasteiger partial charge in [-0.05, 0) is 30.4 Å². The minimum Gasteiger partial charge on any atom is -0.496 e. The van der Waals surface area contributed by atoms with E-state index in [2.05, 4.69) is 6.07 Å². The van der Waals surface area contributed by atoms with Crippen molar-refractivity contribution in [2.45, 2.75) is 38.0 Å². The molecule has 1 unspecified atom stereocenters. The normalized spacial score (nSPS) is 21.6. The molecule has 0 spiro atoms. The van der Waals surface area contributed by atoms with Gasteiger partial charge in [-0.2, -0.15) is 0 Å². The van der Waals surface area contributed by atoms with Crippen molar-refractivity contribution in [2.75, 3.05) is 7.11 Å². The first-order chi connectivity index (χ1) is 7.81. The standard InChI is InChI=1S/C14H18O2/c1-16-14-9-5-4-8-13(14)11-6-2-3-7-12(15)10-11/h4-5,8-9,11H,2-3,6-7,10H2,1H3. The van der Waals surface area contributed by atoms with Gasteiger partial charge in [-0.3, -0.25) is 4.79 Å². The van der Waals surface area contributed by atoms with Crippen LogP contribution in [0.1, 0.15) is 43.6 Å². The zero-order valence-corrected chi connectivity index (χ0v) is 9.74. The Balaban J connectivity index is 2.24. The molecule has 86 valence electrons. The van der Waals surface area contributed by atoms with Gasteiger partial charge in [0.25, 0.3) is 0 Å². The number of hydrogen-bond acceptors (Lipinski definition) is 2. The number of rotatable bonds is 2. The molecule has 1 aliphatic rings. The first kappa shape index (κ1) is 11.2. The third-order valence-electron chi connectivity index (χ3n) is 3.31. The summed E-state index contributed by atoms with van der Waals surface area (Å²) in [6.07, 6.45) is 4.73. The summed E-state index contributed by atoms with van der Waals surface area (Å²) in [6.45, 7) is 0. The summed E-state index contributed by atoms with van der Waals surface area (Å²) in [5.74, 6) is 1.67. The number of benzene rings is 1. The quantitative estimate of drug-likeness (QED) is 0.712. The highest BCUT2D eigenvalue weighted by molar-refractivity contribution is 5.79. The van der Waals surface area contributed by atoms with Crippen molar-refractivity contribution in [1.82, 2.24) is 0 Å². The van der Waals surface area contributed by atoms with Crippen molar-refractivity contribution < 1.29 is 9.53 Å². The summed E-state index contributed by atoms with van der Waals surface area (Å²) < 4.78 is 5.36. The Kier molecular flexibility index (Phi) is 3.60. The van der Waals surface area contributed by atoms with E-state index in [9.17, 15) is 4.79 Å². The van der Waals surface area contributed by atoms with Crippen LogP contribution in [0, 0.1) is 0 Å². The van der Waals surface area contributed by atoms with Crippen molar-refractivity contribution in [2.24, 2.45) is 0 Å². The fourth-order valence-corrected chi connectivity index (χ4v) is 2.46. The third-order valence-corrected chi connectivity index (χ3v) is 3.31. The first-order valence-corrected chi connectivity index (χ1v) is 5.96. The number of carbonyl (C=O) groups excluding carboxylic acids is 1. The molecule has 2 rings (SSSR count). The maximum atomic E-state index is 11.6. The molecule has 2 nitrogen and oxygen atoms in total. The second-order valence-electron chi connectivity index (χ2n) is 4.43. The topological polar surface area (TPSA) is 26.3 Å². The first-order valence-electron chi connectivity index (χ1n) is 5.96. The van der Waals surface area contributed by atoms with E-state index in [0.29, 0.717) is 18.1 Å². The Labute approximate surface area is 96.6 Å². The van der Waals surface area contributed by atoms with Crippen molar-refractivity contribution in [3.8, 4) is 5.75 Å². The summed E-state index contributed by atoms with van der Waals surface area (Å²) in [4.78, 5) is 11.6. The Hall–Kier alpha value is -1.31. The fourth-order valence-electron chi connectivity index (χ4n) is 2.46. The van der Waals surface area contributed by atoms with Gasteiger partial charge in [0.1, 0.15) is 11.5 Å². The Bertz CT molecular complexity index is 371. The molecule has 16 heavy (non-hydrogen) atoms. The number of ketones is 1. The number of carbonyl (C=O) groups is 1. The minimum absolute atomic E-state index is 0.353. The molecule has 0 N–H and O–H groups in total. The molecular formula is C14H18O2. The van der Waals surface area contributed by atoms with Crippen LogP contribution in [0.4, 0.5) is 0 Å². The van der Waals surface area contributed by atoms with Gasteiger partial charge in [-0.1, -0.05) is 24.6 Å². The Morgan fingerprint density at radius 1 is 1.25 bits per heavy atom. The van der Waals surface area contributed by atoms with E-state index in [1.807, 2.05) is 18.2 Å². The van der Waals surface area contributed by atoms with Gasteiger partial charge in [0.05, 0.1) is 7.11 Å². The lowest BCUT2D eigenvalue weighted by Gasteiger charge is -2.16. The van der Waals surface area contributed by atoms with Gasteiger partial charge in [0.15, 0.2) is 0 Å². The van der Waals surface area contributed by atoms with Crippen LogP contribution in [-0.4, -0.2) is 12.9 Å². The summed E-state index contributed by atoms with van der Waals surface area (Å²) in [5.41, 5.74) is 1.19. The van der Waals surface area contributed by atoms with Crippen LogP contribution < -0.4 is 4.74 Å². The van der Waals surface area contributed by atoms with Crippen molar-refractivity contribution in [3.05, 3.63) is 29.8 Å². The van der Waals surface area contributed by atoms with Crippen LogP contribution in [0.2, 0.25) is 0 Å². The van der Waals surface area contributed by atoms with Crippen molar-refractivity contribution in [1.29, 1.82) is 0 Å². The van der Waals surface area contributed by atoms with E-state index in [1.165, 1.54) is 5.56 Å². The molecule has 1 aliphatic carbocycles. The molecule has 0 saturated heterocycles. The predicted molar refractivity (Wildman–Crippen MR) is 63.8 cm³/mol. The maximum Gasteiger partial charge on any atom is 0.133 e. The van der Waals surface area contributed by atoms with Crippen molar-refractivity contribution in [3.63, 3.8) is 0 Å². The third kappa shape index (κ3) is 2.43. The summed E-state index contributed by atoms with van der Waals surface area (Å²) in [7, 11) is 1.69. The number of para-hydroxylation sites is 1. The number of Topliss-reactive ketones (excluding diaryl/α,β-unsaturated/α-hetero) is 1. The molecule has 1 saturated carbocycles. The van der Waals surface area contributed by atoms with Gasteiger partial charge >= 0.3 is 0 Å². The van der Waals surface area contributed by atoms with Crippen LogP contribution in [0.5, 0.6) is 5.75 Å².